The summed E-state index contributed by atoms with van der Waals surface area (Å²) in [5, 5.41) is 53.5. The number of nitrogens with two attached hydrogens (primary N) is 5. The van der Waals surface area contributed by atoms with Crippen LogP contribution in [-0.2, 0) is 60.8 Å². The first-order valence-corrected chi connectivity index (χ1v) is 27.2. The van der Waals surface area contributed by atoms with E-state index in [9.17, 15) is 63.3 Å². The highest BCUT2D eigenvalue weighted by atomic mass is 16.4. The Morgan fingerprint density at radius 2 is 1.10 bits per heavy atom. The van der Waals surface area contributed by atoms with Crippen molar-refractivity contribution in [1.82, 2.24) is 57.8 Å². The second kappa shape index (κ2) is 36.1. The molecule has 0 aliphatic heterocycles. The lowest BCUT2D eigenvalue weighted by Gasteiger charge is -2.28. The number of rotatable bonds is 37. The van der Waals surface area contributed by atoms with Gasteiger partial charge in [-0.05, 0) is 70.3 Å². The monoisotopic (exact) mass is 1170 g/mol. The lowest BCUT2D eigenvalue weighted by molar-refractivity contribution is -0.143. The molecule has 0 spiro atoms. The molecule has 462 valence electrons. The van der Waals surface area contributed by atoms with E-state index in [4.69, 9.17) is 28.7 Å². The second-order valence-corrected chi connectivity index (χ2v) is 20.5. The highest BCUT2D eigenvalue weighted by Gasteiger charge is 2.37. The number of carbonyl (C=O) groups excluding carboxylic acids is 9. The Morgan fingerprint density at radius 3 is 1.64 bits per heavy atom. The van der Waals surface area contributed by atoms with E-state index in [2.05, 4.69) is 67.8 Å². The predicted molar refractivity (Wildman–Crippen MR) is 304 cm³/mol. The molecule has 0 radical (unpaired) electrons. The average Bonchev–Trinajstić information content (AvgIpc) is 4.00. The highest BCUT2D eigenvalue weighted by molar-refractivity contribution is 5.98. The molecule has 0 bridgehead atoms. The van der Waals surface area contributed by atoms with Gasteiger partial charge in [-0.15, -0.1) is 0 Å². The molecule has 0 saturated carbocycles. The van der Waals surface area contributed by atoms with E-state index in [0.29, 0.717) is 24.1 Å². The minimum absolute atomic E-state index is 0.0349. The van der Waals surface area contributed by atoms with Gasteiger partial charge in [0, 0.05) is 37.8 Å². The number of aromatic amines is 1. The zero-order valence-electron chi connectivity index (χ0n) is 48.0. The minimum Gasteiger partial charge on any atom is -0.480 e. The Labute approximate surface area is 481 Å². The van der Waals surface area contributed by atoms with Crippen molar-refractivity contribution >= 4 is 71.1 Å². The molecule has 1 heterocycles. The Bertz CT molecular complexity index is 2510. The summed E-state index contributed by atoms with van der Waals surface area (Å²) >= 11 is 0. The van der Waals surface area contributed by atoms with Gasteiger partial charge in [0.2, 0.25) is 53.2 Å². The summed E-state index contributed by atoms with van der Waals surface area (Å²) in [6.07, 6.45) is 0.0627. The maximum absolute atomic E-state index is 14.2. The number of hydrogen-bond donors (Lipinski definition) is 18. The van der Waals surface area contributed by atoms with Gasteiger partial charge in [-0.2, -0.15) is 0 Å². The first-order chi connectivity index (χ1) is 39.0. The van der Waals surface area contributed by atoms with Gasteiger partial charge in [0.1, 0.15) is 48.3 Å². The van der Waals surface area contributed by atoms with Gasteiger partial charge in [-0.1, -0.05) is 64.4 Å². The number of nitrogens with one attached hydrogen (secondary N) is 10. The number of aliphatic carboxylic acids is 1. The third-order valence-corrected chi connectivity index (χ3v) is 12.8. The molecule has 83 heavy (non-hydrogen) atoms. The van der Waals surface area contributed by atoms with E-state index in [1.54, 1.807) is 58.0 Å². The van der Waals surface area contributed by atoms with E-state index < -0.39 is 138 Å². The number of aliphatic imine (C=N–C) groups is 2. The molecule has 31 heteroatoms. The van der Waals surface area contributed by atoms with Crippen LogP contribution < -0.4 is 76.5 Å². The van der Waals surface area contributed by atoms with Gasteiger partial charge < -0.3 is 96.8 Å². The van der Waals surface area contributed by atoms with Gasteiger partial charge in [-0.3, -0.25) is 53.1 Å². The normalized spacial score (nSPS) is 15.4. The summed E-state index contributed by atoms with van der Waals surface area (Å²) in [6.45, 7) is 10.1. The van der Waals surface area contributed by atoms with E-state index in [1.807, 2.05) is 0 Å². The number of nitrogens with zero attached hydrogens (tertiary/aromatic N) is 3. The molecule has 1 aromatic carbocycles. The van der Waals surface area contributed by atoms with Gasteiger partial charge >= 0.3 is 5.97 Å². The van der Waals surface area contributed by atoms with Gasteiger partial charge in [0.25, 0.3) is 0 Å². The Hall–Kier alpha value is -8.45. The third-order valence-electron chi connectivity index (χ3n) is 12.8. The van der Waals surface area contributed by atoms with Crippen molar-refractivity contribution in [3.8, 4) is 0 Å². The maximum Gasteiger partial charge on any atom is 0.326 e. The molecule has 0 aliphatic rings. The number of guanidine groups is 2. The van der Waals surface area contributed by atoms with Crippen LogP contribution in [0.2, 0.25) is 0 Å². The third kappa shape index (κ3) is 26.3. The number of H-pyrrole nitrogens is 1. The highest BCUT2D eigenvalue weighted by Crippen LogP contribution is 2.13. The molecule has 1 aromatic heterocycles. The molecular weight excluding hydrogens is 1080 g/mol. The topological polar surface area (TPSA) is 523 Å². The standard InChI is InChI=1S/C52H86N18O13/c1-8-27(4)39(48(80)67-37(50(82)83)20-26(2)3)68-44(76)34(17-13-19-60-52(56)57)64-38(73)24-61-47(79)40(29(6)71)70-49(81)41(30(7)72)69-46(78)36(22-32-23-58-25-62-32)66-45(77)35(21-31-14-10-9-11-15-31)65-42(74)28(5)63-43(75)33(53)16-12-18-59-51(54)55/h9-11,14-15,23,25-30,33-37,39-41,71-72H,8,12-13,16-22,24,53H2,1-7H3,(H,58,62)(H,61,79)(H,63,75)(H,64,73)(H,65,74)(H,66,77)(H,67,80)(H,68,76)(H,69,78)(H,70,81)(H,82,83)(H4,54,55,59)(H4,56,57,60)/t27?,28-,29+,30+,33-,34+,35+,36-,37+,39-,40-,41-/m0/s1. The van der Waals surface area contributed by atoms with E-state index >= 15 is 0 Å². The summed E-state index contributed by atoms with van der Waals surface area (Å²) < 4.78 is 0. The molecule has 23 N–H and O–H groups in total. The largest absolute Gasteiger partial charge is 0.480 e. The van der Waals surface area contributed by atoms with Gasteiger partial charge in [0.15, 0.2) is 11.9 Å². The SMILES string of the molecule is CCC(C)[C@H](NC(=O)[C@@H](CCCN=C(N)N)NC(=O)CNC(=O)[C@@H](NC(=O)[C@@H](NC(=O)[C@H](Cc1cnc[nH]1)NC(=O)[C@@H](Cc1ccccc1)NC(=O)[C@H](C)NC(=O)[C@@H](N)CCCN=C(N)N)[C@@H](C)O)[C@@H](C)O)C(=O)N[C@H](CC(C)C)C(=O)O. The van der Waals surface area contributed by atoms with Crippen LogP contribution in [0.4, 0.5) is 0 Å². The van der Waals surface area contributed by atoms with Gasteiger partial charge in [0.05, 0.1) is 31.1 Å². The zero-order valence-corrected chi connectivity index (χ0v) is 48.0. The summed E-state index contributed by atoms with van der Waals surface area (Å²) in [6, 6.07) is -4.12. The van der Waals surface area contributed by atoms with Crippen molar-refractivity contribution in [3.63, 3.8) is 0 Å². The van der Waals surface area contributed by atoms with Crippen LogP contribution in [0.5, 0.6) is 0 Å². The van der Waals surface area contributed by atoms with E-state index in [1.165, 1.54) is 19.4 Å². The number of aromatic nitrogens is 2. The Morgan fingerprint density at radius 1 is 0.590 bits per heavy atom. The number of benzene rings is 1. The number of carbonyl (C=O) groups is 10. The molecule has 31 nitrogen and oxygen atoms in total. The van der Waals surface area contributed by atoms with E-state index in [-0.39, 0.29) is 69.5 Å². The Balaban J connectivity index is 2.31. The first-order valence-electron chi connectivity index (χ1n) is 27.2. The number of amides is 9. The number of hydrogen-bond acceptors (Lipinski definition) is 16. The average molecular weight is 1170 g/mol. The minimum atomic E-state index is -1.85. The summed E-state index contributed by atoms with van der Waals surface area (Å²) in [7, 11) is 0. The molecule has 0 saturated heterocycles. The fraction of sp³-hybridized carbons (Fsp3) is 0.596. The zero-order chi connectivity index (χ0) is 62.5. The van der Waals surface area contributed by atoms with Crippen LogP contribution in [0.3, 0.4) is 0 Å². The lowest BCUT2D eigenvalue weighted by Crippen LogP contribution is -2.63. The molecule has 12 atom stereocenters. The predicted octanol–water partition coefficient (Wildman–Crippen LogP) is -5.42. The van der Waals surface area contributed by atoms with Crippen LogP contribution in [0.1, 0.15) is 98.2 Å². The number of carboxylic acids is 1. The first kappa shape index (κ1) is 70.7. The van der Waals surface area contributed by atoms with Crippen molar-refractivity contribution < 1.29 is 63.3 Å². The molecule has 9 amide bonds. The van der Waals surface area contributed by atoms with Gasteiger partial charge in [-0.25, -0.2) is 9.78 Å². The number of aliphatic hydroxyl groups is 2. The fourth-order valence-corrected chi connectivity index (χ4v) is 8.00. The van der Waals surface area contributed by atoms with Crippen LogP contribution in [0.15, 0.2) is 52.8 Å². The molecule has 2 rings (SSSR count). The molecule has 0 aliphatic carbocycles. The van der Waals surface area contributed by atoms with Crippen LogP contribution in [-0.4, -0.2) is 183 Å². The van der Waals surface area contributed by atoms with Crippen molar-refractivity contribution in [2.75, 3.05) is 19.6 Å². The van der Waals surface area contributed by atoms with Crippen molar-refractivity contribution in [3.05, 3.63) is 54.1 Å². The van der Waals surface area contributed by atoms with Crippen LogP contribution in [0.25, 0.3) is 0 Å². The van der Waals surface area contributed by atoms with Crippen molar-refractivity contribution in [2.45, 2.75) is 166 Å². The van der Waals surface area contributed by atoms with E-state index in [0.717, 1.165) is 13.8 Å². The Kier molecular flexibility index (Phi) is 30.7. The molecular formula is C52H86N18O13. The summed E-state index contributed by atoms with van der Waals surface area (Å²) in [5.74, 6) is -10.4. The van der Waals surface area contributed by atoms with Crippen molar-refractivity contribution in [2.24, 2.45) is 50.5 Å². The van der Waals surface area contributed by atoms with Crippen LogP contribution in [0, 0.1) is 11.8 Å². The number of imidazole rings is 1. The summed E-state index contributed by atoms with van der Waals surface area (Å²) in [5.41, 5.74) is 28.5. The van der Waals surface area contributed by atoms with Crippen molar-refractivity contribution in [1.29, 1.82) is 0 Å². The number of aliphatic hydroxyl groups excluding tert-OH is 2. The quantitative estimate of drug-likeness (QED) is 0.0171. The van der Waals surface area contributed by atoms with Crippen LogP contribution >= 0.6 is 0 Å². The number of carboxylic acid groups (broad SMARTS) is 1. The molecule has 1 unspecified atom stereocenters. The second-order valence-electron chi connectivity index (χ2n) is 20.5. The fourth-order valence-electron chi connectivity index (χ4n) is 8.00. The molecule has 0 fully saturated rings. The maximum atomic E-state index is 14.2. The lowest BCUT2D eigenvalue weighted by atomic mass is 9.96. The molecule has 2 aromatic rings. The summed E-state index contributed by atoms with van der Waals surface area (Å²) in [4.78, 5) is 150. The smallest absolute Gasteiger partial charge is 0.326 e.